The van der Waals surface area contributed by atoms with Gasteiger partial charge in [-0.1, -0.05) is 48.5 Å². The van der Waals surface area contributed by atoms with Crippen LogP contribution in [0, 0.1) is 0 Å². The summed E-state index contributed by atoms with van der Waals surface area (Å²) in [6, 6.07) is 27.3. The highest BCUT2D eigenvalue weighted by atomic mass is 32.1. The van der Waals surface area contributed by atoms with Crippen LogP contribution >= 0.6 is 12.6 Å². The fourth-order valence-corrected chi connectivity index (χ4v) is 2.86. The fourth-order valence-electron chi connectivity index (χ4n) is 2.66. The van der Waals surface area contributed by atoms with Crippen LogP contribution in [0.4, 0.5) is 11.4 Å². The van der Waals surface area contributed by atoms with Gasteiger partial charge < -0.3 is 4.90 Å². The van der Waals surface area contributed by atoms with Crippen molar-refractivity contribution in [1.29, 1.82) is 0 Å². The number of nitrogens with zero attached hydrogens (tertiary/aromatic N) is 1. The lowest BCUT2D eigenvalue weighted by Crippen LogP contribution is -2.19. The maximum Gasteiger partial charge on any atom is 0.193 e. The number of benzene rings is 3. The van der Waals surface area contributed by atoms with Gasteiger partial charge in [-0.25, -0.2) is 0 Å². The molecule has 0 heterocycles. The molecule has 0 aliphatic carbocycles. The van der Waals surface area contributed by atoms with Crippen molar-refractivity contribution >= 4 is 29.8 Å². The summed E-state index contributed by atoms with van der Waals surface area (Å²) in [5.74, 6) is 0.794. The number of carbonyl (C=O) groups is 1. The van der Waals surface area contributed by atoms with E-state index in [-0.39, 0.29) is 5.78 Å². The van der Waals surface area contributed by atoms with Gasteiger partial charge in [0, 0.05) is 34.8 Å². The van der Waals surface area contributed by atoms with Crippen LogP contribution in [0.1, 0.15) is 15.9 Å². The second-order valence-electron chi connectivity index (χ2n) is 5.45. The van der Waals surface area contributed by atoms with E-state index in [2.05, 4.69) is 29.7 Å². The van der Waals surface area contributed by atoms with Crippen LogP contribution < -0.4 is 4.90 Å². The summed E-state index contributed by atoms with van der Waals surface area (Å²) >= 11 is 4.37. The van der Waals surface area contributed by atoms with Gasteiger partial charge in [-0.15, -0.1) is 0 Å². The average Bonchev–Trinajstić information content (AvgIpc) is 2.67. The minimum atomic E-state index is 0.0441. The van der Waals surface area contributed by atoms with Crippen LogP contribution in [0.5, 0.6) is 0 Å². The lowest BCUT2D eigenvalue weighted by Gasteiger charge is -2.24. The Balaban J connectivity index is 1.86. The largest absolute Gasteiger partial charge is 0.341 e. The molecule has 0 spiro atoms. The van der Waals surface area contributed by atoms with E-state index in [9.17, 15) is 4.79 Å². The number of thiol groups is 1. The van der Waals surface area contributed by atoms with Crippen LogP contribution in [-0.4, -0.2) is 18.1 Å². The highest BCUT2D eigenvalue weighted by molar-refractivity contribution is 7.80. The normalized spacial score (nSPS) is 10.4. The minimum Gasteiger partial charge on any atom is -0.341 e. The molecular formula is C21H19NOS. The highest BCUT2D eigenvalue weighted by Crippen LogP contribution is 2.25. The van der Waals surface area contributed by atoms with E-state index >= 15 is 0 Å². The van der Waals surface area contributed by atoms with Crippen LogP contribution in [0.25, 0.3) is 0 Å². The molecule has 0 aliphatic rings. The summed E-state index contributed by atoms with van der Waals surface area (Å²) in [5, 5.41) is 0. The minimum absolute atomic E-state index is 0.0441. The van der Waals surface area contributed by atoms with Crippen molar-refractivity contribution in [1.82, 2.24) is 0 Å². The van der Waals surface area contributed by atoms with Crippen LogP contribution in [0.2, 0.25) is 0 Å². The zero-order valence-electron chi connectivity index (χ0n) is 13.3. The van der Waals surface area contributed by atoms with Gasteiger partial charge in [-0.05, 0) is 36.4 Å². The van der Waals surface area contributed by atoms with Crippen LogP contribution in [-0.2, 0) is 0 Å². The first-order chi connectivity index (χ1) is 11.8. The van der Waals surface area contributed by atoms with Crippen molar-refractivity contribution in [3.63, 3.8) is 0 Å². The van der Waals surface area contributed by atoms with Gasteiger partial charge >= 0.3 is 0 Å². The average molecular weight is 333 g/mol. The zero-order valence-corrected chi connectivity index (χ0v) is 14.2. The van der Waals surface area contributed by atoms with Crippen molar-refractivity contribution in [2.24, 2.45) is 0 Å². The molecule has 0 radical (unpaired) electrons. The van der Waals surface area contributed by atoms with Crippen molar-refractivity contribution < 1.29 is 4.79 Å². The molecule has 0 atom stereocenters. The molecule has 3 rings (SSSR count). The Morgan fingerprint density at radius 2 is 1.21 bits per heavy atom. The molecule has 2 nitrogen and oxygen atoms in total. The molecule has 120 valence electrons. The lowest BCUT2D eigenvalue weighted by atomic mass is 10.0. The number of hydrogen-bond donors (Lipinski definition) is 1. The Morgan fingerprint density at radius 3 is 1.79 bits per heavy atom. The third-order valence-electron chi connectivity index (χ3n) is 3.87. The standard InChI is InChI=1S/C21H19NOS/c23-21(17-7-3-1-4-8-17)18-11-13-20(14-12-18)22(15-16-24)19-9-5-2-6-10-19/h1-14,24H,15-16H2. The lowest BCUT2D eigenvalue weighted by molar-refractivity contribution is 0.103. The SMILES string of the molecule is O=C(c1ccccc1)c1ccc(N(CCS)c2ccccc2)cc1. The zero-order chi connectivity index (χ0) is 16.8. The van der Waals surface area contributed by atoms with Gasteiger partial charge in [0.05, 0.1) is 0 Å². The van der Waals surface area contributed by atoms with Crippen molar-refractivity contribution in [2.75, 3.05) is 17.2 Å². The van der Waals surface area contributed by atoms with Gasteiger partial charge in [0.25, 0.3) is 0 Å². The molecule has 0 amide bonds. The summed E-state index contributed by atoms with van der Waals surface area (Å²) in [6.07, 6.45) is 0. The summed E-state index contributed by atoms with van der Waals surface area (Å²) in [7, 11) is 0. The second kappa shape index (κ2) is 7.84. The summed E-state index contributed by atoms with van der Waals surface area (Å²) in [5.41, 5.74) is 3.58. The van der Waals surface area contributed by atoms with E-state index in [1.807, 2.05) is 72.8 Å². The van der Waals surface area contributed by atoms with Gasteiger partial charge in [-0.2, -0.15) is 12.6 Å². The van der Waals surface area contributed by atoms with Gasteiger partial charge in [0.1, 0.15) is 0 Å². The van der Waals surface area contributed by atoms with Crippen molar-refractivity contribution in [3.05, 3.63) is 96.1 Å². The van der Waals surface area contributed by atoms with E-state index < -0.39 is 0 Å². The van der Waals surface area contributed by atoms with Gasteiger partial charge in [-0.3, -0.25) is 4.79 Å². The molecule has 0 N–H and O–H groups in total. The molecule has 0 bridgehead atoms. The maximum atomic E-state index is 12.5. The molecule has 3 aromatic carbocycles. The monoisotopic (exact) mass is 333 g/mol. The quantitative estimate of drug-likeness (QED) is 0.507. The molecule has 0 saturated carbocycles. The number of anilines is 2. The Morgan fingerprint density at radius 1 is 0.708 bits per heavy atom. The third-order valence-corrected chi connectivity index (χ3v) is 4.07. The third kappa shape index (κ3) is 3.69. The Kier molecular flexibility index (Phi) is 5.34. The summed E-state index contributed by atoms with van der Waals surface area (Å²) in [4.78, 5) is 14.7. The Labute approximate surface area is 148 Å². The number of ketones is 1. The van der Waals surface area contributed by atoms with E-state index in [4.69, 9.17) is 0 Å². The van der Waals surface area contributed by atoms with Crippen LogP contribution in [0.3, 0.4) is 0 Å². The maximum absolute atomic E-state index is 12.5. The molecule has 3 heteroatoms. The van der Waals surface area contributed by atoms with E-state index in [0.717, 1.165) is 23.7 Å². The Hall–Kier alpha value is -2.52. The molecule has 3 aromatic rings. The molecule has 0 aromatic heterocycles. The molecule has 0 unspecified atom stereocenters. The van der Waals surface area contributed by atoms with E-state index in [1.54, 1.807) is 0 Å². The first kappa shape index (κ1) is 16.3. The highest BCUT2D eigenvalue weighted by Gasteiger charge is 2.11. The number of hydrogen-bond acceptors (Lipinski definition) is 3. The smallest absolute Gasteiger partial charge is 0.193 e. The molecule has 0 saturated heterocycles. The predicted octanol–water partition coefficient (Wildman–Crippen LogP) is 4.99. The van der Waals surface area contributed by atoms with Crippen molar-refractivity contribution in [2.45, 2.75) is 0 Å². The van der Waals surface area contributed by atoms with E-state index in [0.29, 0.717) is 11.1 Å². The van der Waals surface area contributed by atoms with E-state index in [1.165, 1.54) is 0 Å². The van der Waals surface area contributed by atoms with Crippen molar-refractivity contribution in [3.8, 4) is 0 Å². The van der Waals surface area contributed by atoms with Gasteiger partial charge in [0.15, 0.2) is 5.78 Å². The molecule has 0 aliphatic heterocycles. The predicted molar refractivity (Wildman–Crippen MR) is 104 cm³/mol. The summed E-state index contributed by atoms with van der Waals surface area (Å²) in [6.45, 7) is 0.805. The Bertz CT molecular complexity index is 785. The fraction of sp³-hybridized carbons (Fsp3) is 0.0952. The first-order valence-electron chi connectivity index (χ1n) is 7.93. The molecular weight excluding hydrogens is 314 g/mol. The van der Waals surface area contributed by atoms with Crippen LogP contribution in [0.15, 0.2) is 84.9 Å². The number of carbonyl (C=O) groups excluding carboxylic acids is 1. The van der Waals surface area contributed by atoms with Gasteiger partial charge in [0.2, 0.25) is 0 Å². The topological polar surface area (TPSA) is 20.3 Å². The summed E-state index contributed by atoms with van der Waals surface area (Å²) < 4.78 is 0. The molecule has 24 heavy (non-hydrogen) atoms. The second-order valence-corrected chi connectivity index (χ2v) is 5.90. The first-order valence-corrected chi connectivity index (χ1v) is 8.56. The number of para-hydroxylation sites is 1. The number of rotatable bonds is 6. The molecule has 0 fully saturated rings.